The highest BCUT2D eigenvalue weighted by Gasteiger charge is 2.04. The number of fused-ring (bicyclic) bond motifs is 1. The van der Waals surface area contributed by atoms with Gasteiger partial charge in [0.25, 0.3) is 0 Å². The highest BCUT2D eigenvalue weighted by molar-refractivity contribution is 5.66. The van der Waals surface area contributed by atoms with E-state index in [0.717, 1.165) is 22.8 Å². The molecular weight excluding hydrogens is 218 g/mol. The molecular formula is C11H11N5O. The summed E-state index contributed by atoms with van der Waals surface area (Å²) in [7, 11) is 0. The van der Waals surface area contributed by atoms with E-state index in [9.17, 15) is 0 Å². The van der Waals surface area contributed by atoms with Gasteiger partial charge < -0.3 is 9.84 Å². The van der Waals surface area contributed by atoms with Gasteiger partial charge in [-0.25, -0.2) is 9.50 Å². The van der Waals surface area contributed by atoms with E-state index < -0.39 is 0 Å². The maximum atomic E-state index is 5.12. The third kappa shape index (κ3) is 1.84. The molecule has 0 amide bonds. The SMILES string of the molecule is Cc1cc(CNc2nccn3nccc23)on1. The van der Waals surface area contributed by atoms with E-state index in [1.165, 1.54) is 0 Å². The smallest absolute Gasteiger partial charge is 0.156 e. The second-order valence-electron chi connectivity index (χ2n) is 3.73. The summed E-state index contributed by atoms with van der Waals surface area (Å²) in [4.78, 5) is 4.27. The van der Waals surface area contributed by atoms with Gasteiger partial charge in [0.1, 0.15) is 5.52 Å². The number of hydrogen-bond donors (Lipinski definition) is 1. The minimum atomic E-state index is 0.554. The summed E-state index contributed by atoms with van der Waals surface area (Å²) >= 11 is 0. The summed E-state index contributed by atoms with van der Waals surface area (Å²) in [5.41, 5.74) is 1.81. The minimum Gasteiger partial charge on any atom is -0.361 e. The molecule has 0 bridgehead atoms. The van der Waals surface area contributed by atoms with Crippen LogP contribution in [0.1, 0.15) is 11.5 Å². The van der Waals surface area contributed by atoms with Crippen LogP contribution in [0.5, 0.6) is 0 Å². The minimum absolute atomic E-state index is 0.554. The Kier molecular flexibility index (Phi) is 2.25. The Bertz CT molecular complexity index is 642. The van der Waals surface area contributed by atoms with Crippen LogP contribution in [-0.4, -0.2) is 19.8 Å². The average molecular weight is 229 g/mol. The van der Waals surface area contributed by atoms with Gasteiger partial charge in [-0.1, -0.05) is 5.16 Å². The summed E-state index contributed by atoms with van der Waals surface area (Å²) in [5.74, 6) is 1.56. The first-order chi connectivity index (χ1) is 8.33. The molecule has 3 heterocycles. The second-order valence-corrected chi connectivity index (χ2v) is 3.73. The van der Waals surface area contributed by atoms with Gasteiger partial charge in [-0.3, -0.25) is 0 Å². The summed E-state index contributed by atoms with van der Waals surface area (Å²) in [6, 6.07) is 3.80. The molecule has 0 fully saturated rings. The van der Waals surface area contributed by atoms with E-state index in [-0.39, 0.29) is 0 Å². The van der Waals surface area contributed by atoms with Gasteiger partial charge >= 0.3 is 0 Å². The van der Waals surface area contributed by atoms with Crippen LogP contribution >= 0.6 is 0 Å². The number of aryl methyl sites for hydroxylation is 1. The van der Waals surface area contributed by atoms with Crippen LogP contribution in [0.15, 0.2) is 35.2 Å². The Labute approximate surface area is 97.3 Å². The molecule has 0 radical (unpaired) electrons. The van der Waals surface area contributed by atoms with Crippen LogP contribution in [0.3, 0.4) is 0 Å². The van der Waals surface area contributed by atoms with Crippen molar-refractivity contribution in [1.82, 2.24) is 19.8 Å². The first kappa shape index (κ1) is 9.83. The normalized spacial score (nSPS) is 10.9. The van der Waals surface area contributed by atoms with Crippen LogP contribution < -0.4 is 5.32 Å². The summed E-state index contributed by atoms with van der Waals surface area (Å²) < 4.78 is 6.88. The number of nitrogens with one attached hydrogen (secondary N) is 1. The van der Waals surface area contributed by atoms with E-state index in [1.54, 1.807) is 23.1 Å². The zero-order valence-electron chi connectivity index (χ0n) is 9.29. The van der Waals surface area contributed by atoms with Gasteiger partial charge in [0.2, 0.25) is 0 Å². The molecule has 0 aromatic carbocycles. The van der Waals surface area contributed by atoms with Gasteiger partial charge in [0, 0.05) is 18.5 Å². The van der Waals surface area contributed by atoms with Gasteiger partial charge in [0.15, 0.2) is 11.6 Å². The highest BCUT2D eigenvalue weighted by Crippen LogP contribution is 2.13. The van der Waals surface area contributed by atoms with Crippen LogP contribution in [0.4, 0.5) is 5.82 Å². The molecule has 0 saturated heterocycles. The molecule has 0 unspecified atom stereocenters. The van der Waals surface area contributed by atoms with Crippen LogP contribution in [0, 0.1) is 6.92 Å². The molecule has 6 heteroatoms. The van der Waals surface area contributed by atoms with Crippen molar-refractivity contribution in [3.05, 3.63) is 42.2 Å². The average Bonchev–Trinajstić information content (AvgIpc) is 2.94. The third-order valence-electron chi connectivity index (χ3n) is 2.43. The lowest BCUT2D eigenvalue weighted by Gasteiger charge is -2.04. The van der Waals surface area contributed by atoms with Crippen molar-refractivity contribution in [1.29, 1.82) is 0 Å². The topological polar surface area (TPSA) is 68.2 Å². The molecule has 6 nitrogen and oxygen atoms in total. The van der Waals surface area contributed by atoms with Gasteiger partial charge in [-0.15, -0.1) is 0 Å². The first-order valence-corrected chi connectivity index (χ1v) is 5.27. The Morgan fingerprint density at radius 2 is 2.35 bits per heavy atom. The fraction of sp³-hybridized carbons (Fsp3) is 0.182. The van der Waals surface area contributed by atoms with Crippen LogP contribution in [0.2, 0.25) is 0 Å². The van der Waals surface area contributed by atoms with Gasteiger partial charge in [-0.05, 0) is 13.0 Å². The number of rotatable bonds is 3. The summed E-state index contributed by atoms with van der Waals surface area (Å²) in [6.45, 7) is 2.45. The molecule has 17 heavy (non-hydrogen) atoms. The van der Waals surface area contributed by atoms with Crippen molar-refractivity contribution < 1.29 is 4.52 Å². The predicted molar refractivity (Wildman–Crippen MR) is 61.6 cm³/mol. The standard InChI is InChI=1S/C11H11N5O/c1-8-6-9(17-15-8)7-13-11-10-2-3-14-16(10)5-4-12-11/h2-6H,7H2,1H3,(H,12,13). The van der Waals surface area contributed by atoms with Crippen molar-refractivity contribution in [2.45, 2.75) is 13.5 Å². The van der Waals surface area contributed by atoms with E-state index >= 15 is 0 Å². The summed E-state index contributed by atoms with van der Waals surface area (Å²) in [6.07, 6.45) is 5.24. The molecule has 0 saturated carbocycles. The first-order valence-electron chi connectivity index (χ1n) is 5.27. The third-order valence-corrected chi connectivity index (χ3v) is 2.43. The zero-order chi connectivity index (χ0) is 11.7. The molecule has 0 spiro atoms. The Hall–Kier alpha value is -2.37. The predicted octanol–water partition coefficient (Wildman–Crippen LogP) is 1.64. The molecule has 0 aliphatic rings. The lowest BCUT2D eigenvalue weighted by atomic mass is 10.4. The lowest BCUT2D eigenvalue weighted by molar-refractivity contribution is 0.384. The fourth-order valence-corrected chi connectivity index (χ4v) is 1.66. The molecule has 3 rings (SSSR count). The molecule has 3 aromatic rings. The van der Waals surface area contributed by atoms with Gasteiger partial charge in [0.05, 0.1) is 18.4 Å². The van der Waals surface area contributed by atoms with E-state index in [2.05, 4.69) is 20.6 Å². The van der Waals surface area contributed by atoms with E-state index in [0.29, 0.717) is 6.54 Å². The van der Waals surface area contributed by atoms with Gasteiger partial charge in [-0.2, -0.15) is 5.10 Å². The fourth-order valence-electron chi connectivity index (χ4n) is 1.66. The lowest BCUT2D eigenvalue weighted by Crippen LogP contribution is -2.02. The van der Waals surface area contributed by atoms with E-state index in [4.69, 9.17) is 4.52 Å². The van der Waals surface area contributed by atoms with Crippen LogP contribution in [0.25, 0.3) is 5.52 Å². The molecule has 0 aliphatic heterocycles. The molecule has 1 N–H and O–H groups in total. The number of hydrogen-bond acceptors (Lipinski definition) is 5. The quantitative estimate of drug-likeness (QED) is 0.739. The Morgan fingerprint density at radius 3 is 3.18 bits per heavy atom. The Morgan fingerprint density at radius 1 is 1.41 bits per heavy atom. The monoisotopic (exact) mass is 229 g/mol. The number of nitrogens with zero attached hydrogens (tertiary/aromatic N) is 4. The molecule has 86 valence electrons. The molecule has 0 atom stereocenters. The van der Waals surface area contributed by atoms with Crippen molar-refractivity contribution in [2.75, 3.05) is 5.32 Å². The second kappa shape index (κ2) is 3.89. The van der Waals surface area contributed by atoms with Crippen molar-refractivity contribution in [3.8, 4) is 0 Å². The summed E-state index contributed by atoms with van der Waals surface area (Å²) in [5, 5.41) is 11.2. The Balaban J connectivity index is 1.83. The largest absolute Gasteiger partial charge is 0.361 e. The zero-order valence-corrected chi connectivity index (χ0v) is 9.29. The highest BCUT2D eigenvalue weighted by atomic mass is 16.5. The maximum absolute atomic E-state index is 5.12. The van der Waals surface area contributed by atoms with Crippen molar-refractivity contribution in [2.24, 2.45) is 0 Å². The molecule has 0 aliphatic carbocycles. The van der Waals surface area contributed by atoms with Crippen molar-refractivity contribution in [3.63, 3.8) is 0 Å². The van der Waals surface area contributed by atoms with Crippen molar-refractivity contribution >= 4 is 11.3 Å². The van der Waals surface area contributed by atoms with E-state index in [1.807, 2.05) is 19.1 Å². The number of aromatic nitrogens is 4. The maximum Gasteiger partial charge on any atom is 0.156 e. The van der Waals surface area contributed by atoms with Crippen LogP contribution in [-0.2, 0) is 6.54 Å². The molecule has 3 aromatic heterocycles. The number of anilines is 1.